The Bertz CT molecular complexity index is 839. The molecule has 7 nitrogen and oxygen atoms in total. The molecule has 31 heavy (non-hydrogen) atoms. The monoisotopic (exact) mass is 425 g/mol. The molecule has 0 unspecified atom stereocenters. The molecule has 168 valence electrons. The summed E-state index contributed by atoms with van der Waals surface area (Å²) in [5.41, 5.74) is 2.31. The normalized spacial score (nSPS) is 15.4. The van der Waals surface area contributed by atoms with E-state index in [0.717, 1.165) is 50.4 Å². The van der Waals surface area contributed by atoms with E-state index in [1.807, 2.05) is 17.9 Å². The number of carbonyl (C=O) groups excluding carboxylic acids is 1. The van der Waals surface area contributed by atoms with Crippen molar-refractivity contribution in [2.75, 3.05) is 26.2 Å². The number of aromatic nitrogens is 1. The van der Waals surface area contributed by atoms with E-state index in [2.05, 4.69) is 65.0 Å². The molecular weight excluding hydrogens is 390 g/mol. The molecule has 2 N–H and O–H groups in total. The lowest BCUT2D eigenvalue weighted by molar-refractivity contribution is -0.130. The number of amides is 1. The van der Waals surface area contributed by atoms with Gasteiger partial charge in [0.1, 0.15) is 6.54 Å². The van der Waals surface area contributed by atoms with Crippen molar-refractivity contribution in [3.63, 3.8) is 0 Å². The molecule has 1 aromatic heterocycles. The summed E-state index contributed by atoms with van der Waals surface area (Å²) in [7, 11) is 0. The number of aliphatic imine (C=N–C) groups is 1. The van der Waals surface area contributed by atoms with E-state index in [9.17, 15) is 4.79 Å². The predicted molar refractivity (Wildman–Crippen MR) is 123 cm³/mol. The molecule has 1 fully saturated rings. The molecule has 1 aromatic carbocycles. The van der Waals surface area contributed by atoms with Gasteiger partial charge in [-0.2, -0.15) is 0 Å². The zero-order valence-electron chi connectivity index (χ0n) is 18.9. The Balaban J connectivity index is 1.45. The third-order valence-electron chi connectivity index (χ3n) is 5.65. The van der Waals surface area contributed by atoms with Gasteiger partial charge in [-0.05, 0) is 43.6 Å². The van der Waals surface area contributed by atoms with Gasteiger partial charge in [-0.25, -0.2) is 4.99 Å². The van der Waals surface area contributed by atoms with Gasteiger partial charge in [0.15, 0.2) is 11.7 Å². The van der Waals surface area contributed by atoms with Crippen LogP contribution in [-0.2, 0) is 17.8 Å². The number of piperidine rings is 1. The van der Waals surface area contributed by atoms with Crippen LogP contribution in [0.1, 0.15) is 56.5 Å². The second-order valence-corrected chi connectivity index (χ2v) is 8.44. The van der Waals surface area contributed by atoms with E-state index in [1.165, 1.54) is 5.56 Å². The Labute approximate surface area is 185 Å². The number of hydrogen-bond acceptors (Lipinski definition) is 4. The molecule has 0 saturated carbocycles. The summed E-state index contributed by atoms with van der Waals surface area (Å²) >= 11 is 0. The maximum absolute atomic E-state index is 12.7. The van der Waals surface area contributed by atoms with Crippen LogP contribution in [-0.4, -0.2) is 48.1 Å². The first-order valence-corrected chi connectivity index (χ1v) is 11.3. The second-order valence-electron chi connectivity index (χ2n) is 8.44. The minimum Gasteiger partial charge on any atom is -0.359 e. The molecule has 2 aromatic rings. The highest BCUT2D eigenvalue weighted by Gasteiger charge is 2.22. The van der Waals surface area contributed by atoms with Crippen molar-refractivity contribution in [2.24, 2.45) is 10.9 Å². The van der Waals surface area contributed by atoms with Gasteiger partial charge in [0.2, 0.25) is 5.91 Å². The predicted octanol–water partition coefficient (Wildman–Crippen LogP) is 3.33. The highest BCUT2D eigenvalue weighted by molar-refractivity contribution is 5.85. The third-order valence-corrected chi connectivity index (χ3v) is 5.65. The molecule has 0 radical (unpaired) electrons. The summed E-state index contributed by atoms with van der Waals surface area (Å²) in [6.45, 7) is 9.13. The Kier molecular flexibility index (Phi) is 8.50. The number of nitrogens with one attached hydrogen (secondary N) is 2. The molecule has 1 aliphatic heterocycles. The van der Waals surface area contributed by atoms with E-state index in [1.54, 1.807) is 0 Å². The number of rotatable bonds is 8. The maximum Gasteiger partial charge on any atom is 0.244 e. The van der Waals surface area contributed by atoms with Gasteiger partial charge >= 0.3 is 0 Å². The van der Waals surface area contributed by atoms with E-state index in [4.69, 9.17) is 4.52 Å². The number of guanidine groups is 1. The largest absolute Gasteiger partial charge is 0.359 e. The van der Waals surface area contributed by atoms with Crippen LogP contribution in [0, 0.1) is 5.92 Å². The summed E-state index contributed by atoms with van der Waals surface area (Å²) < 4.78 is 5.36. The molecule has 2 heterocycles. The lowest BCUT2D eigenvalue weighted by Crippen LogP contribution is -2.41. The summed E-state index contributed by atoms with van der Waals surface area (Å²) in [6.07, 6.45) is 3.19. The second kappa shape index (κ2) is 11.5. The first kappa shape index (κ1) is 22.8. The fourth-order valence-corrected chi connectivity index (χ4v) is 3.78. The Morgan fingerprint density at radius 3 is 2.61 bits per heavy atom. The summed E-state index contributed by atoms with van der Waals surface area (Å²) in [5, 5.41) is 10.5. The third kappa shape index (κ3) is 7.12. The maximum atomic E-state index is 12.7. The fourth-order valence-electron chi connectivity index (χ4n) is 3.78. The lowest BCUT2D eigenvalue weighted by atomic mass is 9.90. The average molecular weight is 426 g/mol. The van der Waals surface area contributed by atoms with Gasteiger partial charge < -0.3 is 20.1 Å². The van der Waals surface area contributed by atoms with Crippen LogP contribution in [0.3, 0.4) is 0 Å². The van der Waals surface area contributed by atoms with Crippen molar-refractivity contribution in [1.82, 2.24) is 20.7 Å². The molecule has 1 saturated heterocycles. The summed E-state index contributed by atoms with van der Waals surface area (Å²) in [4.78, 5) is 19.1. The van der Waals surface area contributed by atoms with Crippen molar-refractivity contribution in [1.29, 1.82) is 0 Å². The highest BCUT2D eigenvalue weighted by Crippen LogP contribution is 2.21. The van der Waals surface area contributed by atoms with Crippen LogP contribution in [0.15, 0.2) is 45.9 Å². The quantitative estimate of drug-likeness (QED) is 0.501. The van der Waals surface area contributed by atoms with Gasteiger partial charge in [0.05, 0.1) is 12.2 Å². The average Bonchev–Trinajstić information content (AvgIpc) is 3.26. The van der Waals surface area contributed by atoms with Gasteiger partial charge in [-0.15, -0.1) is 0 Å². The van der Waals surface area contributed by atoms with Crippen molar-refractivity contribution in [3.8, 4) is 0 Å². The van der Waals surface area contributed by atoms with Gasteiger partial charge in [-0.3, -0.25) is 4.79 Å². The molecule has 7 heteroatoms. The van der Waals surface area contributed by atoms with E-state index >= 15 is 0 Å². The molecule has 0 aliphatic carbocycles. The van der Waals surface area contributed by atoms with Crippen molar-refractivity contribution in [3.05, 3.63) is 53.4 Å². The minimum absolute atomic E-state index is 0.0807. The van der Waals surface area contributed by atoms with Crippen LogP contribution < -0.4 is 10.6 Å². The SMILES string of the molecule is CCNC(=NCC(=O)N1CCC(Cc2ccccc2)CC1)NCc1cc(C(C)C)no1. The first-order chi connectivity index (χ1) is 15.0. The zero-order chi connectivity index (χ0) is 22.1. The molecular formula is C24H35N5O2. The molecule has 0 atom stereocenters. The summed E-state index contributed by atoms with van der Waals surface area (Å²) in [6, 6.07) is 12.6. The van der Waals surface area contributed by atoms with Gasteiger partial charge in [-0.1, -0.05) is 49.3 Å². The van der Waals surface area contributed by atoms with Crippen molar-refractivity contribution in [2.45, 2.75) is 52.5 Å². The number of benzene rings is 1. The Morgan fingerprint density at radius 1 is 1.23 bits per heavy atom. The van der Waals surface area contributed by atoms with E-state index < -0.39 is 0 Å². The smallest absolute Gasteiger partial charge is 0.244 e. The molecule has 1 amide bonds. The van der Waals surface area contributed by atoms with Crippen LogP contribution in [0.4, 0.5) is 0 Å². The van der Waals surface area contributed by atoms with Crippen LogP contribution in [0.5, 0.6) is 0 Å². The number of hydrogen-bond donors (Lipinski definition) is 2. The summed E-state index contributed by atoms with van der Waals surface area (Å²) in [5.74, 6) is 2.41. The van der Waals surface area contributed by atoms with E-state index in [-0.39, 0.29) is 12.5 Å². The molecule has 3 rings (SSSR count). The van der Waals surface area contributed by atoms with E-state index in [0.29, 0.717) is 24.3 Å². The molecule has 1 aliphatic rings. The van der Waals surface area contributed by atoms with Crippen molar-refractivity contribution < 1.29 is 9.32 Å². The van der Waals surface area contributed by atoms with Crippen LogP contribution in [0.2, 0.25) is 0 Å². The highest BCUT2D eigenvalue weighted by atomic mass is 16.5. The molecule has 0 spiro atoms. The topological polar surface area (TPSA) is 82.8 Å². The Morgan fingerprint density at radius 2 is 1.97 bits per heavy atom. The first-order valence-electron chi connectivity index (χ1n) is 11.3. The van der Waals surface area contributed by atoms with Gasteiger partial charge in [0, 0.05) is 25.7 Å². The van der Waals surface area contributed by atoms with Gasteiger partial charge in [0.25, 0.3) is 0 Å². The zero-order valence-corrected chi connectivity index (χ0v) is 18.9. The number of nitrogens with zero attached hydrogens (tertiary/aromatic N) is 3. The van der Waals surface area contributed by atoms with Crippen molar-refractivity contribution >= 4 is 11.9 Å². The number of carbonyl (C=O) groups is 1. The number of likely N-dealkylation sites (tertiary alicyclic amines) is 1. The lowest BCUT2D eigenvalue weighted by Gasteiger charge is -2.31. The minimum atomic E-state index is 0.0807. The van der Waals surface area contributed by atoms with Crippen LogP contribution in [0.25, 0.3) is 0 Å². The fraction of sp³-hybridized carbons (Fsp3) is 0.542. The molecule has 0 bridgehead atoms. The Hall–Kier alpha value is -2.83. The van der Waals surface area contributed by atoms with Crippen LogP contribution >= 0.6 is 0 Å². The standard InChI is InChI=1S/C24H35N5O2/c1-4-25-24(26-16-21-15-22(18(2)3)28-31-21)27-17-23(30)29-12-10-20(11-13-29)14-19-8-6-5-7-9-19/h5-9,15,18,20H,4,10-14,16-17H2,1-3H3,(H2,25,26,27).